The van der Waals surface area contributed by atoms with E-state index in [0.29, 0.717) is 25.1 Å². The fourth-order valence-corrected chi connectivity index (χ4v) is 3.33. The van der Waals surface area contributed by atoms with Crippen molar-refractivity contribution in [1.29, 1.82) is 0 Å². The normalized spacial score (nSPS) is 20.5. The van der Waals surface area contributed by atoms with Gasteiger partial charge in [-0.15, -0.1) is 0 Å². The van der Waals surface area contributed by atoms with Crippen LogP contribution in [0.4, 0.5) is 0 Å². The van der Waals surface area contributed by atoms with E-state index < -0.39 is 0 Å². The Morgan fingerprint density at radius 1 is 1.33 bits per heavy atom. The Balaban J connectivity index is 1.69. The molecule has 2 heterocycles. The van der Waals surface area contributed by atoms with E-state index in [1.807, 2.05) is 0 Å². The molecule has 1 aromatic rings. The Morgan fingerprint density at radius 2 is 2.17 bits per heavy atom. The first-order chi connectivity index (χ1) is 11.5. The summed E-state index contributed by atoms with van der Waals surface area (Å²) in [5.41, 5.74) is 1.50. The number of carbonyl (C=O) groups excluding carboxylic acids is 3. The van der Waals surface area contributed by atoms with Crippen molar-refractivity contribution >= 4 is 17.6 Å². The van der Waals surface area contributed by atoms with Gasteiger partial charge in [0.15, 0.2) is 5.78 Å². The van der Waals surface area contributed by atoms with Gasteiger partial charge in [0.1, 0.15) is 5.82 Å². The van der Waals surface area contributed by atoms with Crippen LogP contribution in [0.15, 0.2) is 6.20 Å². The SMILES string of the molecule is CC(=O)NCC(=O)N1CCCC(c2ncc3c(n2)CCCC3=O)C1. The monoisotopic (exact) mass is 330 g/mol. The molecular formula is C17H22N4O3. The molecule has 0 bridgehead atoms. The smallest absolute Gasteiger partial charge is 0.241 e. The van der Waals surface area contributed by atoms with Gasteiger partial charge in [-0.05, 0) is 25.7 Å². The lowest BCUT2D eigenvalue weighted by atomic mass is 9.94. The topological polar surface area (TPSA) is 92.3 Å². The van der Waals surface area contributed by atoms with Crippen LogP contribution in [0.3, 0.4) is 0 Å². The third kappa shape index (κ3) is 3.60. The number of aryl methyl sites for hydroxylation is 1. The van der Waals surface area contributed by atoms with Crippen molar-refractivity contribution in [3.63, 3.8) is 0 Å². The molecule has 2 amide bonds. The zero-order valence-corrected chi connectivity index (χ0v) is 13.9. The highest BCUT2D eigenvalue weighted by molar-refractivity contribution is 5.97. The number of ketones is 1. The highest BCUT2D eigenvalue weighted by atomic mass is 16.2. The average Bonchev–Trinajstić information content (AvgIpc) is 2.59. The summed E-state index contributed by atoms with van der Waals surface area (Å²) in [6.45, 7) is 2.68. The van der Waals surface area contributed by atoms with Crippen LogP contribution in [0.25, 0.3) is 0 Å². The standard InChI is InChI=1S/C17H22N4O3/c1-11(22)18-9-16(24)21-7-3-4-12(10-21)17-19-8-13-14(20-17)5-2-6-15(13)23/h8,12H,2-7,9-10H2,1H3,(H,18,22). The predicted molar refractivity (Wildman–Crippen MR) is 86.5 cm³/mol. The molecule has 0 radical (unpaired) electrons. The summed E-state index contributed by atoms with van der Waals surface area (Å²) in [5, 5.41) is 2.54. The quantitative estimate of drug-likeness (QED) is 0.886. The lowest BCUT2D eigenvalue weighted by Crippen LogP contribution is -2.44. The number of fused-ring (bicyclic) bond motifs is 1. The Hall–Kier alpha value is -2.31. The second-order valence-electron chi connectivity index (χ2n) is 6.45. The molecule has 0 spiro atoms. The number of aromatic nitrogens is 2. The van der Waals surface area contributed by atoms with E-state index in [1.54, 1.807) is 11.1 Å². The number of amides is 2. The van der Waals surface area contributed by atoms with Gasteiger partial charge in [0, 0.05) is 38.5 Å². The summed E-state index contributed by atoms with van der Waals surface area (Å²) < 4.78 is 0. The van der Waals surface area contributed by atoms with E-state index in [4.69, 9.17) is 0 Å². The summed E-state index contributed by atoms with van der Waals surface area (Å²) >= 11 is 0. The minimum absolute atomic E-state index is 0.0294. The highest BCUT2D eigenvalue weighted by Crippen LogP contribution is 2.26. The van der Waals surface area contributed by atoms with Crippen LogP contribution in [0.1, 0.15) is 60.4 Å². The van der Waals surface area contributed by atoms with Crippen molar-refractivity contribution in [1.82, 2.24) is 20.2 Å². The van der Waals surface area contributed by atoms with Gasteiger partial charge in [-0.1, -0.05) is 0 Å². The number of nitrogens with one attached hydrogen (secondary N) is 1. The lowest BCUT2D eigenvalue weighted by molar-refractivity contribution is -0.133. The Labute approximate surface area is 140 Å². The Morgan fingerprint density at radius 3 is 2.96 bits per heavy atom. The number of carbonyl (C=O) groups is 3. The number of hydrogen-bond acceptors (Lipinski definition) is 5. The first-order valence-corrected chi connectivity index (χ1v) is 8.46. The summed E-state index contributed by atoms with van der Waals surface area (Å²) in [6, 6.07) is 0. The van der Waals surface area contributed by atoms with Crippen molar-refractivity contribution in [2.75, 3.05) is 19.6 Å². The summed E-state index contributed by atoms with van der Waals surface area (Å²) in [7, 11) is 0. The van der Waals surface area contributed by atoms with E-state index in [0.717, 1.165) is 37.2 Å². The van der Waals surface area contributed by atoms with Crippen LogP contribution in [-0.4, -0.2) is 52.1 Å². The molecule has 1 aliphatic carbocycles. The highest BCUT2D eigenvalue weighted by Gasteiger charge is 2.28. The maximum atomic E-state index is 12.2. The van der Waals surface area contributed by atoms with Gasteiger partial charge >= 0.3 is 0 Å². The molecule has 1 fully saturated rings. The number of likely N-dealkylation sites (tertiary alicyclic amines) is 1. The maximum Gasteiger partial charge on any atom is 0.241 e. The third-order valence-electron chi connectivity index (χ3n) is 4.63. The van der Waals surface area contributed by atoms with Crippen LogP contribution >= 0.6 is 0 Å². The maximum absolute atomic E-state index is 12.2. The van der Waals surface area contributed by atoms with E-state index in [9.17, 15) is 14.4 Å². The van der Waals surface area contributed by atoms with Gasteiger partial charge < -0.3 is 10.2 Å². The van der Waals surface area contributed by atoms with E-state index in [2.05, 4.69) is 15.3 Å². The first-order valence-electron chi connectivity index (χ1n) is 8.46. The van der Waals surface area contributed by atoms with Crippen molar-refractivity contribution in [2.24, 2.45) is 0 Å². The number of Topliss-reactive ketones (excluding diaryl/α,β-unsaturated/α-hetero) is 1. The van der Waals surface area contributed by atoms with Crippen LogP contribution in [0, 0.1) is 0 Å². The molecule has 7 nitrogen and oxygen atoms in total. The molecule has 3 rings (SSSR count). The number of hydrogen-bond donors (Lipinski definition) is 1. The third-order valence-corrected chi connectivity index (χ3v) is 4.63. The van der Waals surface area contributed by atoms with Crippen molar-refractivity contribution < 1.29 is 14.4 Å². The fourth-order valence-electron chi connectivity index (χ4n) is 3.33. The van der Waals surface area contributed by atoms with Crippen molar-refractivity contribution in [3.05, 3.63) is 23.3 Å². The molecule has 0 saturated carbocycles. The zero-order valence-electron chi connectivity index (χ0n) is 13.9. The van der Waals surface area contributed by atoms with Gasteiger partial charge in [0.2, 0.25) is 11.8 Å². The van der Waals surface area contributed by atoms with Gasteiger partial charge in [-0.2, -0.15) is 0 Å². The van der Waals surface area contributed by atoms with Crippen LogP contribution in [0.2, 0.25) is 0 Å². The van der Waals surface area contributed by atoms with Crippen molar-refractivity contribution in [3.8, 4) is 0 Å². The van der Waals surface area contributed by atoms with Crippen LogP contribution < -0.4 is 5.32 Å². The summed E-state index contributed by atoms with van der Waals surface area (Å²) in [4.78, 5) is 45.8. The molecular weight excluding hydrogens is 308 g/mol. The van der Waals surface area contributed by atoms with Gasteiger partial charge in [-0.3, -0.25) is 14.4 Å². The molecule has 0 aromatic carbocycles. The number of piperidine rings is 1. The molecule has 1 aromatic heterocycles. The van der Waals surface area contributed by atoms with E-state index in [-0.39, 0.29) is 30.1 Å². The molecule has 128 valence electrons. The number of nitrogens with zero attached hydrogens (tertiary/aromatic N) is 3. The molecule has 1 unspecified atom stereocenters. The van der Waals surface area contributed by atoms with Crippen LogP contribution in [0.5, 0.6) is 0 Å². The fraction of sp³-hybridized carbons (Fsp3) is 0.588. The summed E-state index contributed by atoms with van der Waals surface area (Å²) in [5.74, 6) is 0.643. The molecule has 1 N–H and O–H groups in total. The molecule has 7 heteroatoms. The molecule has 2 aliphatic rings. The summed E-state index contributed by atoms with van der Waals surface area (Å²) in [6.07, 6.45) is 5.69. The molecule has 1 aliphatic heterocycles. The predicted octanol–water partition coefficient (Wildman–Crippen LogP) is 0.838. The van der Waals surface area contributed by atoms with Crippen molar-refractivity contribution in [2.45, 2.75) is 44.9 Å². The molecule has 1 atom stereocenters. The second-order valence-corrected chi connectivity index (χ2v) is 6.45. The lowest BCUT2D eigenvalue weighted by Gasteiger charge is -2.32. The van der Waals surface area contributed by atoms with Gasteiger partial charge in [-0.25, -0.2) is 9.97 Å². The Kier molecular flexibility index (Phi) is 4.87. The number of rotatable bonds is 3. The Bertz CT molecular complexity index is 674. The minimum Gasteiger partial charge on any atom is -0.347 e. The average molecular weight is 330 g/mol. The molecule has 24 heavy (non-hydrogen) atoms. The molecule has 1 saturated heterocycles. The zero-order chi connectivity index (χ0) is 17.1. The van der Waals surface area contributed by atoms with E-state index >= 15 is 0 Å². The van der Waals surface area contributed by atoms with Crippen LogP contribution in [-0.2, 0) is 16.0 Å². The van der Waals surface area contributed by atoms with E-state index in [1.165, 1.54) is 6.92 Å². The van der Waals surface area contributed by atoms with Gasteiger partial charge in [0.25, 0.3) is 0 Å². The first kappa shape index (κ1) is 16.5. The van der Waals surface area contributed by atoms with Gasteiger partial charge in [0.05, 0.1) is 17.8 Å². The minimum atomic E-state index is -0.209. The largest absolute Gasteiger partial charge is 0.347 e. The second kappa shape index (κ2) is 7.07.